The van der Waals surface area contributed by atoms with Crippen molar-refractivity contribution in [3.05, 3.63) is 59.4 Å². The number of benzene rings is 1. The summed E-state index contributed by atoms with van der Waals surface area (Å²) >= 11 is 1.41. The van der Waals surface area contributed by atoms with E-state index < -0.39 is 0 Å². The first kappa shape index (κ1) is 14.3. The molecule has 3 aromatic rings. The summed E-state index contributed by atoms with van der Waals surface area (Å²) in [4.78, 5) is 24.3. The van der Waals surface area contributed by atoms with Crippen LogP contribution in [0.1, 0.15) is 15.4 Å². The zero-order chi connectivity index (χ0) is 15.4. The highest BCUT2D eigenvalue weighted by molar-refractivity contribution is 7.20. The lowest BCUT2D eigenvalue weighted by molar-refractivity contribution is -0.120. The van der Waals surface area contributed by atoms with Gasteiger partial charge in [-0.3, -0.25) is 9.59 Å². The lowest BCUT2D eigenvalue weighted by atomic mass is 10.2. The van der Waals surface area contributed by atoms with E-state index in [2.05, 4.69) is 10.6 Å². The lowest BCUT2D eigenvalue weighted by Crippen LogP contribution is -2.36. The van der Waals surface area contributed by atoms with Gasteiger partial charge in [0.15, 0.2) is 0 Å². The smallest absolute Gasteiger partial charge is 0.261 e. The molecule has 0 saturated carbocycles. The molecule has 1 aromatic carbocycles. The molecule has 6 heteroatoms. The van der Waals surface area contributed by atoms with Gasteiger partial charge in [-0.25, -0.2) is 0 Å². The van der Waals surface area contributed by atoms with Crippen molar-refractivity contribution in [3.63, 3.8) is 0 Å². The predicted octanol–water partition coefficient (Wildman–Crippen LogP) is 2.54. The number of carbonyl (C=O) groups is 2. The molecule has 2 N–H and O–H groups in total. The maximum Gasteiger partial charge on any atom is 0.261 e. The van der Waals surface area contributed by atoms with Gasteiger partial charge in [0.2, 0.25) is 5.91 Å². The van der Waals surface area contributed by atoms with E-state index in [4.69, 9.17) is 4.42 Å². The number of fused-ring (bicyclic) bond motifs is 1. The molecule has 0 atom stereocenters. The van der Waals surface area contributed by atoms with Crippen LogP contribution in [0.25, 0.3) is 10.1 Å². The second-order valence-electron chi connectivity index (χ2n) is 4.69. The molecule has 2 heterocycles. The Hall–Kier alpha value is -2.60. The van der Waals surface area contributed by atoms with Gasteiger partial charge in [0.25, 0.3) is 5.91 Å². The molecule has 0 aliphatic rings. The van der Waals surface area contributed by atoms with Crippen LogP contribution >= 0.6 is 11.3 Å². The van der Waals surface area contributed by atoms with Crippen molar-refractivity contribution in [1.82, 2.24) is 10.6 Å². The molecule has 0 fully saturated rings. The fourth-order valence-corrected chi connectivity index (χ4v) is 2.98. The fourth-order valence-electron chi connectivity index (χ4n) is 2.00. The van der Waals surface area contributed by atoms with Gasteiger partial charge < -0.3 is 15.1 Å². The van der Waals surface area contributed by atoms with Gasteiger partial charge in [0, 0.05) is 4.70 Å². The van der Waals surface area contributed by atoms with Gasteiger partial charge in [-0.15, -0.1) is 11.3 Å². The number of hydrogen-bond acceptors (Lipinski definition) is 4. The Morgan fingerprint density at radius 2 is 1.95 bits per heavy atom. The van der Waals surface area contributed by atoms with Gasteiger partial charge >= 0.3 is 0 Å². The second kappa shape index (κ2) is 6.44. The largest absolute Gasteiger partial charge is 0.467 e. The van der Waals surface area contributed by atoms with E-state index in [0.717, 1.165) is 10.1 Å². The summed E-state index contributed by atoms with van der Waals surface area (Å²) < 4.78 is 6.16. The van der Waals surface area contributed by atoms with Crippen molar-refractivity contribution in [3.8, 4) is 0 Å². The highest BCUT2D eigenvalue weighted by Crippen LogP contribution is 2.24. The maximum atomic E-state index is 12.1. The number of carbonyl (C=O) groups excluding carboxylic acids is 2. The molecule has 3 rings (SSSR count). The van der Waals surface area contributed by atoms with Crippen molar-refractivity contribution < 1.29 is 14.0 Å². The van der Waals surface area contributed by atoms with E-state index in [1.165, 1.54) is 11.3 Å². The third-order valence-corrected chi connectivity index (χ3v) is 4.21. The third kappa shape index (κ3) is 3.35. The molecule has 0 aliphatic heterocycles. The summed E-state index contributed by atoms with van der Waals surface area (Å²) in [5, 5.41) is 6.32. The Labute approximate surface area is 130 Å². The van der Waals surface area contributed by atoms with Crippen LogP contribution in [0, 0.1) is 0 Å². The van der Waals surface area contributed by atoms with Crippen LogP contribution in [0.4, 0.5) is 0 Å². The van der Waals surface area contributed by atoms with E-state index in [-0.39, 0.29) is 18.4 Å². The number of thiophene rings is 1. The summed E-state index contributed by atoms with van der Waals surface area (Å²) in [6.45, 7) is 0.248. The molecule has 2 aromatic heterocycles. The summed E-state index contributed by atoms with van der Waals surface area (Å²) in [7, 11) is 0. The van der Waals surface area contributed by atoms with E-state index in [0.29, 0.717) is 17.2 Å². The summed E-state index contributed by atoms with van der Waals surface area (Å²) in [5.74, 6) is 0.171. The monoisotopic (exact) mass is 314 g/mol. The number of nitrogens with one attached hydrogen (secondary N) is 2. The maximum absolute atomic E-state index is 12.1. The Morgan fingerprint density at radius 3 is 2.73 bits per heavy atom. The minimum atomic E-state index is -0.258. The van der Waals surface area contributed by atoms with Crippen molar-refractivity contribution in [2.45, 2.75) is 6.54 Å². The molecular weight excluding hydrogens is 300 g/mol. The first-order valence-electron chi connectivity index (χ1n) is 6.78. The molecule has 5 nitrogen and oxygen atoms in total. The molecule has 0 unspecified atom stereocenters. The normalized spacial score (nSPS) is 10.5. The highest BCUT2D eigenvalue weighted by atomic mass is 32.1. The third-order valence-electron chi connectivity index (χ3n) is 3.10. The Balaban J connectivity index is 1.52. The molecule has 0 saturated heterocycles. The quantitative estimate of drug-likeness (QED) is 0.760. The van der Waals surface area contributed by atoms with Gasteiger partial charge in [-0.2, -0.15) is 0 Å². The van der Waals surface area contributed by atoms with Crippen molar-refractivity contribution in [2.24, 2.45) is 0 Å². The van der Waals surface area contributed by atoms with Gasteiger partial charge in [-0.1, -0.05) is 18.2 Å². The standard InChI is InChI=1S/C16H14N2O3S/c19-15(17-9-12-5-3-7-21-12)10-18-16(20)14-8-11-4-1-2-6-13(11)22-14/h1-8H,9-10H2,(H,17,19)(H,18,20). The van der Waals surface area contributed by atoms with Crippen LogP contribution in [-0.4, -0.2) is 18.4 Å². The van der Waals surface area contributed by atoms with Crippen molar-refractivity contribution >= 4 is 33.2 Å². The second-order valence-corrected chi connectivity index (χ2v) is 5.77. The molecule has 2 amide bonds. The molecule has 0 aliphatic carbocycles. The van der Waals surface area contributed by atoms with Gasteiger partial charge in [0.05, 0.1) is 24.2 Å². The van der Waals surface area contributed by atoms with Crippen molar-refractivity contribution in [1.29, 1.82) is 0 Å². The number of hydrogen-bond donors (Lipinski definition) is 2. The van der Waals surface area contributed by atoms with Crippen LogP contribution < -0.4 is 10.6 Å². The van der Waals surface area contributed by atoms with E-state index in [1.807, 2.05) is 30.3 Å². The molecular formula is C16H14N2O3S. The van der Waals surface area contributed by atoms with Gasteiger partial charge in [-0.05, 0) is 29.7 Å². The van der Waals surface area contributed by atoms with E-state index >= 15 is 0 Å². The summed E-state index contributed by atoms with van der Waals surface area (Å²) in [6.07, 6.45) is 1.55. The minimum absolute atomic E-state index is 0.0617. The predicted molar refractivity (Wildman–Crippen MR) is 84.7 cm³/mol. The van der Waals surface area contributed by atoms with Crippen LogP contribution in [0.15, 0.2) is 53.1 Å². The molecule has 22 heavy (non-hydrogen) atoms. The zero-order valence-electron chi connectivity index (χ0n) is 11.7. The minimum Gasteiger partial charge on any atom is -0.467 e. The fraction of sp³-hybridized carbons (Fsp3) is 0.125. The van der Waals surface area contributed by atoms with Crippen LogP contribution in [-0.2, 0) is 11.3 Å². The van der Waals surface area contributed by atoms with Crippen LogP contribution in [0.5, 0.6) is 0 Å². The SMILES string of the molecule is O=C(CNC(=O)c1cc2ccccc2s1)NCc1ccco1. The number of rotatable bonds is 5. The van der Waals surface area contributed by atoms with Gasteiger partial charge in [0.1, 0.15) is 5.76 Å². The molecule has 112 valence electrons. The molecule has 0 bridgehead atoms. The number of amides is 2. The first-order valence-corrected chi connectivity index (χ1v) is 7.60. The van der Waals surface area contributed by atoms with Crippen LogP contribution in [0.3, 0.4) is 0 Å². The first-order chi connectivity index (χ1) is 10.7. The Bertz CT molecular complexity index is 760. The van der Waals surface area contributed by atoms with Crippen LogP contribution in [0.2, 0.25) is 0 Å². The van der Waals surface area contributed by atoms with Crippen molar-refractivity contribution in [2.75, 3.05) is 6.54 Å². The lowest BCUT2D eigenvalue weighted by Gasteiger charge is -2.04. The topological polar surface area (TPSA) is 71.3 Å². The highest BCUT2D eigenvalue weighted by Gasteiger charge is 2.11. The Kier molecular flexibility index (Phi) is 4.20. The average Bonchev–Trinajstić information content (AvgIpc) is 3.19. The van der Waals surface area contributed by atoms with E-state index in [9.17, 15) is 9.59 Å². The summed E-state index contributed by atoms with van der Waals surface area (Å²) in [5.41, 5.74) is 0. The van der Waals surface area contributed by atoms with E-state index in [1.54, 1.807) is 18.4 Å². The molecule has 0 radical (unpaired) electrons. The average molecular weight is 314 g/mol. The Morgan fingerprint density at radius 1 is 1.09 bits per heavy atom. The molecule has 0 spiro atoms. The summed E-state index contributed by atoms with van der Waals surface area (Å²) in [6, 6.07) is 13.1. The zero-order valence-corrected chi connectivity index (χ0v) is 12.5. The number of furan rings is 1.